The van der Waals surface area contributed by atoms with Gasteiger partial charge in [-0.15, -0.1) is 22.7 Å². The molecule has 4 aromatic heterocycles. The minimum atomic E-state index is 0.00291. The molecule has 0 aliphatic rings. The van der Waals surface area contributed by atoms with Gasteiger partial charge in [0.15, 0.2) is 5.16 Å². The quantitative estimate of drug-likeness (QED) is 0.214. The number of aromatic nitrogens is 3. The van der Waals surface area contributed by atoms with Crippen LogP contribution in [0.3, 0.4) is 0 Å². The Hall–Kier alpha value is -2.00. The molecule has 0 saturated carbocycles. The van der Waals surface area contributed by atoms with Crippen molar-refractivity contribution in [2.75, 3.05) is 0 Å². The molecule has 4 heterocycles. The summed E-state index contributed by atoms with van der Waals surface area (Å²) in [5.41, 5.74) is 1.93. The van der Waals surface area contributed by atoms with E-state index in [9.17, 15) is 4.79 Å². The average molecular weight is 500 g/mol. The Labute approximate surface area is 187 Å². The highest BCUT2D eigenvalue weighted by Crippen LogP contribution is 2.31. The van der Waals surface area contributed by atoms with Crippen molar-refractivity contribution < 1.29 is 0 Å². The number of halogens is 1. The van der Waals surface area contributed by atoms with Gasteiger partial charge in [0.05, 0.1) is 12.1 Å². The van der Waals surface area contributed by atoms with E-state index in [1.165, 1.54) is 16.9 Å². The second-order valence-electron chi connectivity index (χ2n) is 6.42. The van der Waals surface area contributed by atoms with Gasteiger partial charge in [0.1, 0.15) is 9.53 Å². The molecular weight excluding hydrogens is 486 g/mol. The molecule has 0 radical (unpaired) electrons. The van der Waals surface area contributed by atoms with Crippen molar-refractivity contribution in [3.8, 4) is 0 Å². The van der Waals surface area contributed by atoms with Crippen molar-refractivity contribution in [1.82, 2.24) is 14.5 Å². The van der Waals surface area contributed by atoms with Gasteiger partial charge in [-0.25, -0.2) is 9.97 Å². The number of thioether (sulfide) groups is 1. The Morgan fingerprint density at radius 2 is 2.07 bits per heavy atom. The molecule has 0 N–H and O–H groups in total. The highest BCUT2D eigenvalue weighted by molar-refractivity contribution is 9.10. The number of nitrogens with zero attached hydrogens (tertiary/aromatic N) is 3. The van der Waals surface area contributed by atoms with Crippen molar-refractivity contribution in [2.45, 2.75) is 17.5 Å². The number of benzene rings is 1. The molecule has 5 rings (SSSR count). The van der Waals surface area contributed by atoms with E-state index in [0.717, 1.165) is 36.0 Å². The molecule has 0 fully saturated rings. The Balaban J connectivity index is 1.64. The van der Waals surface area contributed by atoms with Crippen molar-refractivity contribution in [3.63, 3.8) is 0 Å². The Morgan fingerprint density at radius 3 is 2.90 bits per heavy atom. The lowest BCUT2D eigenvalue weighted by molar-refractivity contribution is 0.666. The minimum absolute atomic E-state index is 0.00291. The predicted octanol–water partition coefficient (Wildman–Crippen LogP) is 6.17. The SMILES string of the molecule is O=c1c2sc3ncccc3c2nc(SCc2cccc(Br)c2)n1Cc1cccs1. The van der Waals surface area contributed by atoms with E-state index in [-0.39, 0.29) is 5.56 Å². The van der Waals surface area contributed by atoms with Crippen LogP contribution in [-0.4, -0.2) is 14.5 Å². The number of hydrogen-bond donors (Lipinski definition) is 0. The van der Waals surface area contributed by atoms with E-state index < -0.39 is 0 Å². The standard InChI is InChI=1S/C21H14BrN3OS3/c22-14-5-1-4-13(10-14)12-28-21-24-17-16-7-2-8-23-19(16)29-18(17)20(26)25(21)11-15-6-3-9-27-15/h1-10H,11-12H2. The van der Waals surface area contributed by atoms with E-state index in [1.54, 1.807) is 33.9 Å². The average Bonchev–Trinajstić information content (AvgIpc) is 3.37. The van der Waals surface area contributed by atoms with E-state index in [2.05, 4.69) is 39.1 Å². The number of thiophene rings is 2. The largest absolute Gasteiger partial charge is 0.281 e. The molecule has 0 spiro atoms. The predicted molar refractivity (Wildman–Crippen MR) is 126 cm³/mol. The molecular formula is C21H14BrN3OS3. The first-order chi connectivity index (χ1) is 14.2. The molecule has 0 unspecified atom stereocenters. The molecule has 0 aliphatic heterocycles. The third-order valence-corrected chi connectivity index (χ3v) is 7.96. The molecule has 8 heteroatoms. The summed E-state index contributed by atoms with van der Waals surface area (Å²) >= 11 is 8.19. The molecule has 29 heavy (non-hydrogen) atoms. The van der Waals surface area contributed by atoms with Crippen LogP contribution < -0.4 is 5.56 Å². The van der Waals surface area contributed by atoms with E-state index in [4.69, 9.17) is 4.98 Å². The van der Waals surface area contributed by atoms with Gasteiger partial charge >= 0.3 is 0 Å². The van der Waals surface area contributed by atoms with Crippen LogP contribution in [0.5, 0.6) is 0 Å². The Morgan fingerprint density at radius 1 is 1.14 bits per heavy atom. The molecule has 4 nitrogen and oxygen atoms in total. The van der Waals surface area contributed by atoms with E-state index in [1.807, 2.05) is 35.7 Å². The molecule has 1 aromatic carbocycles. The number of hydrogen-bond acceptors (Lipinski definition) is 6. The molecule has 0 amide bonds. The van der Waals surface area contributed by atoms with Gasteiger partial charge < -0.3 is 0 Å². The maximum atomic E-state index is 13.4. The Bertz CT molecular complexity index is 1380. The number of rotatable bonds is 5. The normalized spacial score (nSPS) is 11.5. The highest BCUT2D eigenvalue weighted by atomic mass is 79.9. The van der Waals surface area contributed by atoms with Gasteiger partial charge in [-0.1, -0.05) is 45.9 Å². The lowest BCUT2D eigenvalue weighted by Crippen LogP contribution is -2.22. The van der Waals surface area contributed by atoms with Gasteiger partial charge in [-0.2, -0.15) is 0 Å². The first-order valence-corrected chi connectivity index (χ1v) is 12.3. The summed E-state index contributed by atoms with van der Waals surface area (Å²) in [5, 5.41) is 3.71. The van der Waals surface area contributed by atoms with Crippen molar-refractivity contribution in [2.24, 2.45) is 0 Å². The fourth-order valence-electron chi connectivity index (χ4n) is 3.12. The van der Waals surface area contributed by atoms with E-state index in [0.29, 0.717) is 11.2 Å². The van der Waals surface area contributed by atoms with Crippen LogP contribution in [0, 0.1) is 0 Å². The zero-order valence-corrected chi connectivity index (χ0v) is 19.1. The van der Waals surface area contributed by atoms with Gasteiger partial charge in [-0.3, -0.25) is 9.36 Å². The first-order valence-electron chi connectivity index (χ1n) is 8.87. The summed E-state index contributed by atoms with van der Waals surface area (Å²) in [6.07, 6.45) is 1.75. The fraction of sp³-hybridized carbons (Fsp3) is 0.0952. The summed E-state index contributed by atoms with van der Waals surface area (Å²) in [6.45, 7) is 0.530. The zero-order valence-electron chi connectivity index (χ0n) is 15.0. The lowest BCUT2D eigenvalue weighted by atomic mass is 10.2. The first kappa shape index (κ1) is 19.0. The molecule has 0 bridgehead atoms. The van der Waals surface area contributed by atoms with Crippen molar-refractivity contribution in [1.29, 1.82) is 0 Å². The molecule has 0 saturated heterocycles. The second-order valence-corrected chi connectivity index (χ2v) is 10.3. The maximum absolute atomic E-state index is 13.4. The van der Waals surface area contributed by atoms with Gasteiger partial charge in [0, 0.05) is 26.7 Å². The highest BCUT2D eigenvalue weighted by Gasteiger charge is 2.17. The second kappa shape index (κ2) is 8.02. The molecule has 5 aromatic rings. The molecule has 0 aliphatic carbocycles. The van der Waals surface area contributed by atoms with Crippen LogP contribution in [-0.2, 0) is 12.3 Å². The van der Waals surface area contributed by atoms with Crippen molar-refractivity contribution >= 4 is 70.8 Å². The molecule has 0 atom stereocenters. The summed E-state index contributed by atoms with van der Waals surface area (Å²) in [7, 11) is 0. The topological polar surface area (TPSA) is 47.8 Å². The van der Waals surface area contributed by atoms with Crippen LogP contribution in [0.4, 0.5) is 0 Å². The maximum Gasteiger partial charge on any atom is 0.272 e. The Kier molecular flexibility index (Phi) is 5.26. The minimum Gasteiger partial charge on any atom is -0.281 e. The van der Waals surface area contributed by atoms with Gasteiger partial charge in [0.25, 0.3) is 5.56 Å². The zero-order chi connectivity index (χ0) is 19.8. The number of pyridine rings is 1. The third kappa shape index (κ3) is 3.77. The van der Waals surface area contributed by atoms with Crippen LogP contribution >= 0.6 is 50.4 Å². The van der Waals surface area contributed by atoms with Crippen LogP contribution in [0.1, 0.15) is 10.4 Å². The lowest BCUT2D eigenvalue weighted by Gasteiger charge is -2.11. The summed E-state index contributed by atoms with van der Waals surface area (Å²) < 4.78 is 3.51. The van der Waals surface area contributed by atoms with Gasteiger partial charge in [0.2, 0.25) is 0 Å². The summed E-state index contributed by atoms with van der Waals surface area (Å²) in [4.78, 5) is 24.7. The smallest absolute Gasteiger partial charge is 0.272 e. The van der Waals surface area contributed by atoms with Crippen LogP contribution in [0.15, 0.2) is 74.5 Å². The van der Waals surface area contributed by atoms with Crippen LogP contribution in [0.25, 0.3) is 20.4 Å². The number of fused-ring (bicyclic) bond motifs is 3. The van der Waals surface area contributed by atoms with Crippen LogP contribution in [0.2, 0.25) is 0 Å². The molecule has 144 valence electrons. The van der Waals surface area contributed by atoms with Crippen molar-refractivity contribution in [3.05, 3.63) is 85.4 Å². The summed E-state index contributed by atoms with van der Waals surface area (Å²) in [6, 6.07) is 16.1. The van der Waals surface area contributed by atoms with Gasteiger partial charge in [-0.05, 0) is 41.3 Å². The third-order valence-electron chi connectivity index (χ3n) is 4.47. The summed E-state index contributed by atoms with van der Waals surface area (Å²) in [5.74, 6) is 0.738. The fourth-order valence-corrected chi connectivity index (χ4v) is 6.23. The van der Waals surface area contributed by atoms with E-state index >= 15 is 0 Å². The monoisotopic (exact) mass is 499 g/mol.